The lowest BCUT2D eigenvalue weighted by Crippen LogP contribution is -2.40. The Morgan fingerprint density at radius 3 is 2.62 bits per heavy atom. The molecule has 1 amide bonds. The zero-order chi connectivity index (χ0) is 11.5. The molecule has 3 nitrogen and oxygen atoms in total. The van der Waals surface area contributed by atoms with Crippen LogP contribution in [0.2, 0.25) is 0 Å². The molecule has 0 aromatic heterocycles. The first kappa shape index (κ1) is 10.4. The van der Waals surface area contributed by atoms with E-state index in [1.54, 1.807) is 0 Å². The molecule has 0 saturated carbocycles. The average Bonchev–Trinajstić information content (AvgIpc) is 2.30. The first-order valence-corrected chi connectivity index (χ1v) is 4.99. The molecule has 0 heterocycles. The third-order valence-electron chi connectivity index (χ3n) is 2.46. The maximum absolute atomic E-state index is 11.3. The normalized spacial score (nSPS) is 10.1. The third-order valence-corrected chi connectivity index (χ3v) is 2.46. The average molecular weight is 213 g/mol. The highest BCUT2D eigenvalue weighted by Gasteiger charge is 2.05. The Morgan fingerprint density at radius 2 is 1.88 bits per heavy atom. The lowest BCUT2D eigenvalue weighted by molar-refractivity contribution is -0.252. The van der Waals surface area contributed by atoms with Crippen LogP contribution in [0.25, 0.3) is 10.8 Å². The van der Waals surface area contributed by atoms with Crippen molar-refractivity contribution in [2.24, 2.45) is 0 Å². The van der Waals surface area contributed by atoms with Crippen LogP contribution in [-0.4, -0.2) is 5.91 Å². The quantitative estimate of drug-likeness (QED) is 0.735. The van der Waals surface area contributed by atoms with Gasteiger partial charge in [-0.15, -0.1) is 0 Å². The Bertz CT molecular complexity index is 561. The molecule has 0 aliphatic rings. The Hall–Kier alpha value is -2.13. The SMILES string of the molecule is C=CC(=O)Nc1cccc2c([NH3+])cccc12. The minimum atomic E-state index is -0.207. The number of hydrogen-bond acceptors (Lipinski definition) is 1. The van der Waals surface area contributed by atoms with Gasteiger partial charge >= 0.3 is 0 Å². The molecule has 0 fully saturated rings. The molecular formula is C13H13N2O+. The fourth-order valence-corrected chi connectivity index (χ4v) is 1.67. The number of carbonyl (C=O) groups is 1. The summed E-state index contributed by atoms with van der Waals surface area (Å²) >= 11 is 0. The lowest BCUT2D eigenvalue weighted by Gasteiger charge is -2.06. The molecule has 0 radical (unpaired) electrons. The molecule has 0 aliphatic heterocycles. The number of carbonyl (C=O) groups excluding carboxylic acids is 1. The van der Waals surface area contributed by atoms with Crippen LogP contribution in [0.5, 0.6) is 0 Å². The van der Waals surface area contributed by atoms with Crippen LogP contribution in [0, 0.1) is 0 Å². The van der Waals surface area contributed by atoms with Crippen LogP contribution in [0.1, 0.15) is 0 Å². The van der Waals surface area contributed by atoms with Crippen molar-refractivity contribution in [3.63, 3.8) is 0 Å². The van der Waals surface area contributed by atoms with Gasteiger partial charge in [-0.1, -0.05) is 24.8 Å². The molecule has 0 atom stereocenters. The number of rotatable bonds is 2. The summed E-state index contributed by atoms with van der Waals surface area (Å²) in [5.41, 5.74) is 5.69. The van der Waals surface area contributed by atoms with E-state index in [-0.39, 0.29) is 5.91 Å². The molecule has 0 spiro atoms. The van der Waals surface area contributed by atoms with Gasteiger partial charge in [0.2, 0.25) is 5.91 Å². The van der Waals surface area contributed by atoms with E-state index in [9.17, 15) is 4.79 Å². The highest BCUT2D eigenvalue weighted by Crippen LogP contribution is 2.26. The number of fused-ring (bicyclic) bond motifs is 1. The van der Waals surface area contributed by atoms with E-state index in [0.717, 1.165) is 22.1 Å². The Balaban J connectivity index is 2.58. The van der Waals surface area contributed by atoms with Gasteiger partial charge in [0.05, 0.1) is 0 Å². The zero-order valence-corrected chi connectivity index (χ0v) is 8.86. The summed E-state index contributed by atoms with van der Waals surface area (Å²) < 4.78 is 0. The van der Waals surface area contributed by atoms with Crippen LogP contribution in [0.15, 0.2) is 49.1 Å². The second-order valence-corrected chi connectivity index (χ2v) is 3.51. The van der Waals surface area contributed by atoms with Crippen molar-refractivity contribution in [3.8, 4) is 0 Å². The van der Waals surface area contributed by atoms with Crippen molar-refractivity contribution >= 4 is 28.1 Å². The predicted molar refractivity (Wildman–Crippen MR) is 65.3 cm³/mol. The first-order valence-electron chi connectivity index (χ1n) is 4.99. The summed E-state index contributed by atoms with van der Waals surface area (Å²) in [7, 11) is 0. The summed E-state index contributed by atoms with van der Waals surface area (Å²) in [6, 6.07) is 11.6. The minimum Gasteiger partial charge on any atom is -0.325 e. The van der Waals surface area contributed by atoms with E-state index in [1.165, 1.54) is 6.08 Å². The van der Waals surface area contributed by atoms with E-state index >= 15 is 0 Å². The van der Waals surface area contributed by atoms with Gasteiger partial charge in [-0.25, -0.2) is 0 Å². The second kappa shape index (κ2) is 4.16. The van der Waals surface area contributed by atoms with Crippen LogP contribution >= 0.6 is 0 Å². The van der Waals surface area contributed by atoms with Gasteiger partial charge in [-0.05, 0) is 24.3 Å². The standard InChI is InChI=1S/C13H12N2O/c1-2-13(16)15-12-8-4-5-9-10(12)6-3-7-11(9)14/h2-8H,1,14H2,(H,15,16)/p+1. The molecule has 2 aromatic rings. The molecule has 16 heavy (non-hydrogen) atoms. The molecule has 4 N–H and O–H groups in total. The molecule has 2 aromatic carbocycles. The first-order chi connectivity index (χ1) is 7.72. The molecule has 0 saturated heterocycles. The van der Waals surface area contributed by atoms with E-state index in [4.69, 9.17) is 0 Å². The monoisotopic (exact) mass is 213 g/mol. The minimum absolute atomic E-state index is 0.207. The summed E-state index contributed by atoms with van der Waals surface area (Å²) in [4.78, 5) is 11.3. The molecule has 2 rings (SSSR count). The van der Waals surface area contributed by atoms with Gasteiger partial charge < -0.3 is 11.1 Å². The lowest BCUT2D eigenvalue weighted by atomic mass is 10.1. The number of hydrogen-bond donors (Lipinski definition) is 2. The van der Waals surface area contributed by atoms with Gasteiger partial charge in [0, 0.05) is 16.5 Å². The molecule has 0 unspecified atom stereocenters. The summed E-state index contributed by atoms with van der Waals surface area (Å²) in [6.45, 7) is 3.43. The van der Waals surface area contributed by atoms with Crippen LogP contribution < -0.4 is 11.1 Å². The van der Waals surface area contributed by atoms with Crippen molar-refractivity contribution < 1.29 is 10.5 Å². The summed E-state index contributed by atoms with van der Waals surface area (Å²) in [5, 5.41) is 4.81. The summed E-state index contributed by atoms with van der Waals surface area (Å²) in [6.07, 6.45) is 1.26. The van der Waals surface area contributed by atoms with Crippen molar-refractivity contribution in [3.05, 3.63) is 49.1 Å². The van der Waals surface area contributed by atoms with Gasteiger partial charge in [-0.2, -0.15) is 0 Å². The highest BCUT2D eigenvalue weighted by atomic mass is 16.1. The molecule has 0 aliphatic carbocycles. The Labute approximate surface area is 93.6 Å². The van der Waals surface area contributed by atoms with Crippen LogP contribution in [0.3, 0.4) is 0 Å². The zero-order valence-electron chi connectivity index (χ0n) is 8.86. The van der Waals surface area contributed by atoms with Crippen molar-refractivity contribution in [2.75, 3.05) is 5.32 Å². The van der Waals surface area contributed by atoms with Gasteiger partial charge in [0.1, 0.15) is 5.69 Å². The highest BCUT2D eigenvalue weighted by molar-refractivity contribution is 6.07. The smallest absolute Gasteiger partial charge is 0.247 e. The maximum Gasteiger partial charge on any atom is 0.247 e. The fraction of sp³-hybridized carbons (Fsp3) is 0. The van der Waals surface area contributed by atoms with E-state index in [0.29, 0.717) is 0 Å². The second-order valence-electron chi connectivity index (χ2n) is 3.51. The van der Waals surface area contributed by atoms with Crippen molar-refractivity contribution in [2.45, 2.75) is 0 Å². The number of benzene rings is 2. The predicted octanol–water partition coefficient (Wildman–Crippen LogP) is 1.84. The summed E-state index contributed by atoms with van der Waals surface area (Å²) in [5.74, 6) is -0.207. The molecule has 80 valence electrons. The fourth-order valence-electron chi connectivity index (χ4n) is 1.67. The number of quaternary nitrogens is 1. The topological polar surface area (TPSA) is 56.7 Å². The molecular weight excluding hydrogens is 200 g/mol. The van der Waals surface area contributed by atoms with E-state index < -0.39 is 0 Å². The van der Waals surface area contributed by atoms with Gasteiger partial charge in [-0.3, -0.25) is 4.79 Å². The van der Waals surface area contributed by atoms with Crippen LogP contribution in [0.4, 0.5) is 11.4 Å². The van der Waals surface area contributed by atoms with Crippen molar-refractivity contribution in [1.29, 1.82) is 0 Å². The number of anilines is 1. The van der Waals surface area contributed by atoms with Crippen molar-refractivity contribution in [1.82, 2.24) is 0 Å². The van der Waals surface area contributed by atoms with Gasteiger partial charge in [0.15, 0.2) is 0 Å². The maximum atomic E-state index is 11.3. The van der Waals surface area contributed by atoms with E-state index in [2.05, 4.69) is 17.6 Å². The number of nitrogens with one attached hydrogen (secondary N) is 1. The third kappa shape index (κ3) is 1.81. The van der Waals surface area contributed by atoms with E-state index in [1.807, 2.05) is 36.4 Å². The molecule has 3 heteroatoms. The van der Waals surface area contributed by atoms with Gasteiger partial charge in [0.25, 0.3) is 0 Å². The largest absolute Gasteiger partial charge is 0.325 e. The Morgan fingerprint density at radius 1 is 1.19 bits per heavy atom. The number of amides is 1. The Kier molecular flexibility index (Phi) is 2.70. The van der Waals surface area contributed by atoms with Crippen LogP contribution in [-0.2, 0) is 4.79 Å². The molecule has 0 bridgehead atoms.